The fourth-order valence-electron chi connectivity index (χ4n) is 1.77. The van der Waals surface area contributed by atoms with Crippen LogP contribution in [0.4, 0.5) is 0 Å². The standard InChI is InChI=1S/C14H13N3S2/c15-8-11-7-10(9-17-12-2-3-12)1-4-13(11)19-14-16-5-6-18-14/h1,4-7,12,17H,2-3,9H2. The minimum atomic E-state index is 0.690. The summed E-state index contributed by atoms with van der Waals surface area (Å²) in [6, 6.07) is 9.06. The number of aromatic nitrogens is 1. The summed E-state index contributed by atoms with van der Waals surface area (Å²) < 4.78 is 0.973. The van der Waals surface area contributed by atoms with Crippen molar-refractivity contribution in [2.75, 3.05) is 0 Å². The van der Waals surface area contributed by atoms with Crippen LogP contribution in [0.25, 0.3) is 0 Å². The summed E-state index contributed by atoms with van der Waals surface area (Å²) in [6.07, 6.45) is 4.35. The third kappa shape index (κ3) is 3.35. The molecule has 5 heteroatoms. The lowest BCUT2D eigenvalue weighted by atomic mass is 10.1. The molecule has 1 aromatic carbocycles. The zero-order valence-electron chi connectivity index (χ0n) is 10.3. The Morgan fingerprint density at radius 3 is 3.05 bits per heavy atom. The predicted octanol–water partition coefficient (Wildman–Crippen LogP) is 3.42. The summed E-state index contributed by atoms with van der Waals surface area (Å²) in [6.45, 7) is 0.849. The Hall–Kier alpha value is -1.35. The van der Waals surface area contributed by atoms with Crippen molar-refractivity contribution < 1.29 is 0 Å². The lowest BCUT2D eigenvalue weighted by Gasteiger charge is -2.06. The monoisotopic (exact) mass is 287 g/mol. The molecule has 0 unspecified atom stereocenters. The summed E-state index contributed by atoms with van der Waals surface area (Å²) in [5, 5.41) is 14.7. The summed E-state index contributed by atoms with van der Waals surface area (Å²) >= 11 is 3.15. The Morgan fingerprint density at radius 1 is 1.47 bits per heavy atom. The fourth-order valence-corrected chi connectivity index (χ4v) is 3.41. The molecule has 0 radical (unpaired) electrons. The maximum atomic E-state index is 9.26. The van der Waals surface area contributed by atoms with E-state index >= 15 is 0 Å². The van der Waals surface area contributed by atoms with Crippen LogP contribution < -0.4 is 5.32 Å². The molecule has 0 spiro atoms. The molecule has 1 aromatic heterocycles. The van der Waals surface area contributed by atoms with Gasteiger partial charge in [-0.1, -0.05) is 17.8 Å². The molecule has 3 nitrogen and oxygen atoms in total. The van der Waals surface area contributed by atoms with E-state index in [2.05, 4.69) is 22.4 Å². The molecule has 3 rings (SSSR count). The van der Waals surface area contributed by atoms with Gasteiger partial charge in [0, 0.05) is 29.1 Å². The molecule has 0 bridgehead atoms. The second kappa shape index (κ2) is 5.74. The first-order chi connectivity index (χ1) is 9.35. The Balaban J connectivity index is 1.74. The SMILES string of the molecule is N#Cc1cc(CNC2CC2)ccc1Sc1nccs1. The number of thiazole rings is 1. The van der Waals surface area contributed by atoms with Crippen molar-refractivity contribution in [3.05, 3.63) is 40.9 Å². The van der Waals surface area contributed by atoms with E-state index in [4.69, 9.17) is 0 Å². The van der Waals surface area contributed by atoms with Gasteiger partial charge in [0.1, 0.15) is 6.07 Å². The summed E-state index contributed by atoms with van der Waals surface area (Å²) in [4.78, 5) is 5.22. The molecule has 19 heavy (non-hydrogen) atoms. The van der Waals surface area contributed by atoms with E-state index in [0.29, 0.717) is 6.04 Å². The van der Waals surface area contributed by atoms with Crippen LogP contribution in [0.2, 0.25) is 0 Å². The summed E-state index contributed by atoms with van der Waals surface area (Å²) in [5.74, 6) is 0. The van der Waals surface area contributed by atoms with Gasteiger partial charge in [-0.05, 0) is 30.5 Å². The average Bonchev–Trinajstić information content (AvgIpc) is 3.13. The molecule has 0 atom stereocenters. The van der Waals surface area contributed by atoms with Crippen molar-refractivity contribution in [3.63, 3.8) is 0 Å². The van der Waals surface area contributed by atoms with Gasteiger partial charge in [-0.3, -0.25) is 0 Å². The molecule has 0 saturated heterocycles. The lowest BCUT2D eigenvalue weighted by molar-refractivity contribution is 0.687. The van der Waals surface area contributed by atoms with Gasteiger partial charge in [0.05, 0.1) is 5.56 Å². The third-order valence-electron chi connectivity index (χ3n) is 2.94. The van der Waals surface area contributed by atoms with Gasteiger partial charge in [0.25, 0.3) is 0 Å². The molecule has 1 saturated carbocycles. The summed E-state index contributed by atoms with van der Waals surface area (Å²) in [7, 11) is 0. The third-order valence-corrected chi connectivity index (χ3v) is 4.90. The zero-order chi connectivity index (χ0) is 13.1. The minimum absolute atomic E-state index is 0.690. The lowest BCUT2D eigenvalue weighted by Crippen LogP contribution is -2.15. The van der Waals surface area contributed by atoms with E-state index in [1.165, 1.54) is 18.4 Å². The van der Waals surface area contributed by atoms with Crippen molar-refractivity contribution in [2.45, 2.75) is 34.7 Å². The van der Waals surface area contributed by atoms with Crippen molar-refractivity contribution in [1.82, 2.24) is 10.3 Å². The highest BCUT2D eigenvalue weighted by molar-refractivity contribution is 8.01. The van der Waals surface area contributed by atoms with Gasteiger partial charge in [0.15, 0.2) is 4.34 Å². The van der Waals surface area contributed by atoms with Gasteiger partial charge < -0.3 is 5.32 Å². The van der Waals surface area contributed by atoms with Crippen LogP contribution in [0.1, 0.15) is 24.0 Å². The largest absolute Gasteiger partial charge is 0.310 e. The Labute approximate surface area is 120 Å². The second-order valence-electron chi connectivity index (χ2n) is 4.50. The first-order valence-corrected chi connectivity index (χ1v) is 7.88. The predicted molar refractivity (Wildman–Crippen MR) is 77.3 cm³/mol. The Kier molecular flexibility index (Phi) is 3.83. The number of hydrogen-bond donors (Lipinski definition) is 1. The smallest absolute Gasteiger partial charge is 0.154 e. The van der Waals surface area contributed by atoms with Crippen molar-refractivity contribution in [3.8, 4) is 6.07 Å². The molecule has 0 amide bonds. The van der Waals surface area contributed by atoms with E-state index in [-0.39, 0.29) is 0 Å². The van der Waals surface area contributed by atoms with E-state index in [9.17, 15) is 5.26 Å². The number of rotatable bonds is 5. The van der Waals surface area contributed by atoms with Gasteiger partial charge >= 0.3 is 0 Å². The Morgan fingerprint density at radius 2 is 2.37 bits per heavy atom. The van der Waals surface area contributed by atoms with Crippen LogP contribution in [0.5, 0.6) is 0 Å². The molecule has 1 N–H and O–H groups in total. The van der Waals surface area contributed by atoms with Crippen LogP contribution >= 0.6 is 23.1 Å². The highest BCUT2D eigenvalue weighted by Crippen LogP contribution is 2.32. The van der Waals surface area contributed by atoms with E-state index in [1.54, 1.807) is 29.3 Å². The van der Waals surface area contributed by atoms with Crippen LogP contribution in [-0.4, -0.2) is 11.0 Å². The first-order valence-electron chi connectivity index (χ1n) is 6.19. The van der Waals surface area contributed by atoms with E-state index < -0.39 is 0 Å². The zero-order valence-corrected chi connectivity index (χ0v) is 11.9. The highest BCUT2D eigenvalue weighted by Gasteiger charge is 2.20. The average molecular weight is 287 g/mol. The van der Waals surface area contributed by atoms with Crippen molar-refractivity contribution in [1.29, 1.82) is 5.26 Å². The topological polar surface area (TPSA) is 48.7 Å². The number of nitriles is 1. The first kappa shape index (κ1) is 12.7. The van der Waals surface area contributed by atoms with Crippen LogP contribution in [-0.2, 0) is 6.54 Å². The van der Waals surface area contributed by atoms with Gasteiger partial charge in [-0.15, -0.1) is 11.3 Å². The molecule has 2 aromatic rings. The molecule has 96 valence electrons. The quantitative estimate of drug-likeness (QED) is 0.915. The molecular formula is C14H13N3S2. The van der Waals surface area contributed by atoms with E-state index in [1.807, 2.05) is 17.5 Å². The number of hydrogen-bond acceptors (Lipinski definition) is 5. The van der Waals surface area contributed by atoms with Crippen molar-refractivity contribution in [2.24, 2.45) is 0 Å². The maximum Gasteiger partial charge on any atom is 0.154 e. The van der Waals surface area contributed by atoms with Crippen LogP contribution in [0.3, 0.4) is 0 Å². The normalized spacial score (nSPS) is 14.3. The number of nitrogens with one attached hydrogen (secondary N) is 1. The molecule has 0 aliphatic heterocycles. The van der Waals surface area contributed by atoms with Crippen LogP contribution in [0.15, 0.2) is 39.0 Å². The summed E-state index contributed by atoms with van der Waals surface area (Å²) in [5.41, 5.74) is 1.90. The van der Waals surface area contributed by atoms with Crippen molar-refractivity contribution >= 4 is 23.1 Å². The van der Waals surface area contributed by atoms with Gasteiger partial charge in [0.2, 0.25) is 0 Å². The second-order valence-corrected chi connectivity index (χ2v) is 6.68. The number of nitrogens with zero attached hydrogens (tertiary/aromatic N) is 2. The fraction of sp³-hybridized carbons (Fsp3) is 0.286. The van der Waals surface area contributed by atoms with Gasteiger partial charge in [-0.2, -0.15) is 5.26 Å². The van der Waals surface area contributed by atoms with E-state index in [0.717, 1.165) is 21.3 Å². The minimum Gasteiger partial charge on any atom is -0.310 e. The van der Waals surface area contributed by atoms with Gasteiger partial charge in [-0.25, -0.2) is 4.98 Å². The molecular weight excluding hydrogens is 274 g/mol. The molecule has 1 heterocycles. The molecule has 1 fully saturated rings. The molecule has 1 aliphatic carbocycles. The van der Waals surface area contributed by atoms with Crippen LogP contribution in [0, 0.1) is 11.3 Å². The highest BCUT2D eigenvalue weighted by atomic mass is 32.2. The Bertz CT molecular complexity index is 598. The number of benzene rings is 1. The maximum absolute atomic E-state index is 9.26. The molecule has 1 aliphatic rings.